The molecule has 0 aromatic heterocycles. The average Bonchev–Trinajstić information content (AvgIpc) is 2.01. The van der Waals surface area contributed by atoms with Crippen molar-refractivity contribution in [3.8, 4) is 5.75 Å². The number of rotatable bonds is 3. The molecule has 0 heterocycles. The van der Waals surface area contributed by atoms with Gasteiger partial charge in [0.15, 0.2) is 0 Å². The van der Waals surface area contributed by atoms with Gasteiger partial charge in [0.2, 0.25) is 5.91 Å². The topological polar surface area (TPSA) is 86.6 Å². The molecule has 0 atom stereocenters. The number of carboxylic acids is 1. The standard InChI is InChI=1S/C9H9NO4/c11-7-3-1-2-6(4-7)10-8(12)5-9(13)14/h1-4,11H,5H2,(H,10,12)(H,13,14). The van der Waals surface area contributed by atoms with Crippen LogP contribution in [0.4, 0.5) is 5.69 Å². The first-order valence-corrected chi connectivity index (χ1v) is 3.88. The van der Waals surface area contributed by atoms with Crippen LogP contribution in [0.3, 0.4) is 0 Å². The Morgan fingerprint density at radius 3 is 2.64 bits per heavy atom. The summed E-state index contributed by atoms with van der Waals surface area (Å²) in [7, 11) is 0. The van der Waals surface area contributed by atoms with Gasteiger partial charge in [-0.15, -0.1) is 0 Å². The van der Waals surface area contributed by atoms with Gasteiger partial charge >= 0.3 is 5.97 Å². The Bertz CT molecular complexity index is 362. The van der Waals surface area contributed by atoms with Crippen LogP contribution in [0, 0.1) is 0 Å². The van der Waals surface area contributed by atoms with E-state index in [9.17, 15) is 9.59 Å². The Kier molecular flexibility index (Phi) is 3.06. The highest BCUT2D eigenvalue weighted by Crippen LogP contribution is 2.15. The van der Waals surface area contributed by atoms with E-state index in [1.54, 1.807) is 12.1 Å². The van der Waals surface area contributed by atoms with Crippen LogP contribution in [0.5, 0.6) is 5.75 Å². The number of carboxylic acid groups (broad SMARTS) is 1. The molecule has 14 heavy (non-hydrogen) atoms. The minimum atomic E-state index is -1.19. The van der Waals surface area contributed by atoms with Crippen LogP contribution in [0.1, 0.15) is 6.42 Å². The maximum atomic E-state index is 11.0. The molecule has 0 fully saturated rings. The van der Waals surface area contributed by atoms with E-state index in [4.69, 9.17) is 10.2 Å². The van der Waals surface area contributed by atoms with Crippen LogP contribution in [-0.4, -0.2) is 22.1 Å². The van der Waals surface area contributed by atoms with E-state index in [0.29, 0.717) is 5.69 Å². The third kappa shape index (κ3) is 3.14. The first-order valence-electron chi connectivity index (χ1n) is 3.88. The minimum absolute atomic E-state index is 0.0122. The number of phenols is 1. The van der Waals surface area contributed by atoms with Crippen LogP contribution < -0.4 is 5.32 Å². The van der Waals surface area contributed by atoms with E-state index in [1.807, 2.05) is 0 Å². The van der Waals surface area contributed by atoms with Gasteiger partial charge in [-0.3, -0.25) is 9.59 Å². The molecule has 0 unspecified atom stereocenters. The van der Waals surface area contributed by atoms with Crippen molar-refractivity contribution in [1.29, 1.82) is 0 Å². The fourth-order valence-electron chi connectivity index (χ4n) is 0.926. The molecule has 0 spiro atoms. The zero-order valence-electron chi connectivity index (χ0n) is 7.23. The maximum absolute atomic E-state index is 11.0. The molecule has 0 saturated heterocycles. The van der Waals surface area contributed by atoms with Gasteiger partial charge < -0.3 is 15.5 Å². The lowest BCUT2D eigenvalue weighted by molar-refractivity contribution is -0.139. The molecule has 0 aliphatic rings. The largest absolute Gasteiger partial charge is 0.508 e. The van der Waals surface area contributed by atoms with Gasteiger partial charge in [-0.25, -0.2) is 0 Å². The lowest BCUT2D eigenvalue weighted by Gasteiger charge is -2.02. The van der Waals surface area contributed by atoms with Crippen LogP contribution >= 0.6 is 0 Å². The second-order valence-electron chi connectivity index (χ2n) is 2.67. The third-order valence-corrected chi connectivity index (χ3v) is 1.44. The van der Waals surface area contributed by atoms with E-state index in [-0.39, 0.29) is 5.75 Å². The maximum Gasteiger partial charge on any atom is 0.312 e. The lowest BCUT2D eigenvalue weighted by atomic mass is 10.3. The summed E-state index contributed by atoms with van der Waals surface area (Å²) in [5.74, 6) is -1.80. The van der Waals surface area contributed by atoms with Gasteiger partial charge in [0.05, 0.1) is 0 Å². The number of aromatic hydroxyl groups is 1. The normalized spacial score (nSPS) is 9.43. The number of amides is 1. The van der Waals surface area contributed by atoms with Gasteiger partial charge in [-0.05, 0) is 12.1 Å². The summed E-state index contributed by atoms with van der Waals surface area (Å²) >= 11 is 0. The molecule has 3 N–H and O–H groups in total. The summed E-state index contributed by atoms with van der Waals surface area (Å²) in [6, 6.07) is 5.89. The number of hydrogen-bond donors (Lipinski definition) is 3. The molecule has 1 amide bonds. The highest BCUT2D eigenvalue weighted by atomic mass is 16.4. The van der Waals surface area contributed by atoms with E-state index < -0.39 is 18.3 Å². The van der Waals surface area contributed by atoms with E-state index in [1.165, 1.54) is 12.1 Å². The Hall–Kier alpha value is -2.04. The number of hydrogen-bond acceptors (Lipinski definition) is 3. The Labute approximate surface area is 80.0 Å². The van der Waals surface area contributed by atoms with Gasteiger partial charge in [-0.1, -0.05) is 6.07 Å². The SMILES string of the molecule is O=C(O)CC(=O)Nc1cccc(O)c1. The molecule has 0 aliphatic carbocycles. The molecule has 0 radical (unpaired) electrons. The first-order chi connectivity index (χ1) is 6.58. The Morgan fingerprint density at radius 1 is 1.36 bits per heavy atom. The Balaban J connectivity index is 2.60. The molecule has 1 aromatic rings. The number of nitrogens with one attached hydrogen (secondary N) is 1. The molecule has 1 rings (SSSR count). The van der Waals surface area contributed by atoms with Crippen LogP contribution in [0.25, 0.3) is 0 Å². The number of carbonyl (C=O) groups excluding carboxylic acids is 1. The lowest BCUT2D eigenvalue weighted by Crippen LogP contribution is -2.15. The number of benzene rings is 1. The number of aliphatic carboxylic acids is 1. The Morgan fingerprint density at radius 2 is 2.07 bits per heavy atom. The summed E-state index contributed by atoms with van der Waals surface area (Å²) in [4.78, 5) is 21.1. The van der Waals surface area contributed by atoms with Crippen molar-refractivity contribution in [2.75, 3.05) is 5.32 Å². The molecule has 1 aromatic carbocycles. The van der Waals surface area contributed by atoms with E-state index in [0.717, 1.165) is 0 Å². The van der Waals surface area contributed by atoms with Gasteiger partial charge in [0.1, 0.15) is 12.2 Å². The second kappa shape index (κ2) is 4.27. The fraction of sp³-hybridized carbons (Fsp3) is 0.111. The molecule has 5 nitrogen and oxygen atoms in total. The van der Waals surface area contributed by atoms with Crippen LogP contribution in [-0.2, 0) is 9.59 Å². The van der Waals surface area contributed by atoms with Gasteiger partial charge in [0, 0.05) is 11.8 Å². The van der Waals surface area contributed by atoms with Crippen LogP contribution in [0.15, 0.2) is 24.3 Å². The number of carbonyl (C=O) groups is 2. The molecule has 74 valence electrons. The first kappa shape index (κ1) is 10.0. The molecule has 0 saturated carbocycles. The summed E-state index contributed by atoms with van der Waals surface area (Å²) in [5.41, 5.74) is 0.372. The monoisotopic (exact) mass is 195 g/mol. The third-order valence-electron chi connectivity index (χ3n) is 1.44. The average molecular weight is 195 g/mol. The van der Waals surface area contributed by atoms with E-state index >= 15 is 0 Å². The number of anilines is 1. The predicted molar refractivity (Wildman–Crippen MR) is 49.0 cm³/mol. The fourth-order valence-corrected chi connectivity index (χ4v) is 0.926. The summed E-state index contributed by atoms with van der Waals surface area (Å²) in [6.07, 6.45) is -0.588. The predicted octanol–water partition coefficient (Wildman–Crippen LogP) is 0.805. The highest BCUT2D eigenvalue weighted by Gasteiger charge is 2.07. The zero-order valence-corrected chi connectivity index (χ0v) is 7.23. The van der Waals surface area contributed by atoms with Crippen molar-refractivity contribution in [2.45, 2.75) is 6.42 Å². The quantitative estimate of drug-likeness (QED) is 0.623. The molecule has 0 aliphatic heterocycles. The summed E-state index contributed by atoms with van der Waals surface area (Å²) in [5, 5.41) is 19.7. The number of phenolic OH excluding ortho intramolecular Hbond substituents is 1. The smallest absolute Gasteiger partial charge is 0.312 e. The summed E-state index contributed by atoms with van der Waals surface area (Å²) in [6.45, 7) is 0. The van der Waals surface area contributed by atoms with E-state index in [2.05, 4.69) is 5.32 Å². The van der Waals surface area contributed by atoms with Crippen molar-refractivity contribution in [3.05, 3.63) is 24.3 Å². The summed E-state index contributed by atoms with van der Waals surface area (Å²) < 4.78 is 0. The van der Waals surface area contributed by atoms with Gasteiger partial charge in [-0.2, -0.15) is 0 Å². The van der Waals surface area contributed by atoms with Crippen molar-refractivity contribution in [2.24, 2.45) is 0 Å². The van der Waals surface area contributed by atoms with Crippen molar-refractivity contribution in [3.63, 3.8) is 0 Å². The molecule has 0 bridgehead atoms. The highest BCUT2D eigenvalue weighted by molar-refractivity contribution is 6.01. The van der Waals surface area contributed by atoms with Crippen molar-refractivity contribution < 1.29 is 19.8 Å². The second-order valence-corrected chi connectivity index (χ2v) is 2.67. The molecular weight excluding hydrogens is 186 g/mol. The molecule has 5 heteroatoms. The van der Waals surface area contributed by atoms with Crippen molar-refractivity contribution >= 4 is 17.6 Å². The van der Waals surface area contributed by atoms with Crippen LogP contribution in [0.2, 0.25) is 0 Å². The van der Waals surface area contributed by atoms with Gasteiger partial charge in [0.25, 0.3) is 0 Å². The minimum Gasteiger partial charge on any atom is -0.508 e. The molecular formula is C9H9NO4. The van der Waals surface area contributed by atoms with Crippen molar-refractivity contribution in [1.82, 2.24) is 0 Å². The zero-order chi connectivity index (χ0) is 10.6.